The molecule has 0 aliphatic carbocycles. The molecule has 0 amide bonds. The molecular formula is C15H28N2S. The van der Waals surface area contributed by atoms with E-state index >= 15 is 0 Å². The molecular weight excluding hydrogens is 240 g/mol. The highest BCUT2D eigenvalue weighted by atomic mass is 32.1. The summed E-state index contributed by atoms with van der Waals surface area (Å²) in [5.41, 5.74) is 0.373. The van der Waals surface area contributed by atoms with Crippen LogP contribution in [-0.4, -0.2) is 25.0 Å². The molecule has 18 heavy (non-hydrogen) atoms. The van der Waals surface area contributed by atoms with Gasteiger partial charge in [0.1, 0.15) is 0 Å². The van der Waals surface area contributed by atoms with E-state index in [2.05, 4.69) is 57.1 Å². The molecule has 1 rings (SSSR count). The summed E-state index contributed by atoms with van der Waals surface area (Å²) in [5, 5.41) is 3.45. The number of nitrogens with zero attached hydrogens (tertiary/aromatic N) is 1. The predicted molar refractivity (Wildman–Crippen MR) is 82.1 cm³/mol. The lowest BCUT2D eigenvalue weighted by Gasteiger charge is -2.25. The molecule has 0 aliphatic rings. The van der Waals surface area contributed by atoms with Crippen molar-refractivity contribution in [2.75, 3.05) is 20.1 Å². The molecule has 0 unspecified atom stereocenters. The van der Waals surface area contributed by atoms with Gasteiger partial charge in [-0.3, -0.25) is 0 Å². The van der Waals surface area contributed by atoms with Gasteiger partial charge in [0.2, 0.25) is 0 Å². The van der Waals surface area contributed by atoms with E-state index in [1.54, 1.807) is 0 Å². The molecule has 0 radical (unpaired) electrons. The largest absolute Gasteiger partial charge is 0.312 e. The van der Waals surface area contributed by atoms with Crippen LogP contribution in [0.15, 0.2) is 12.1 Å². The third kappa shape index (κ3) is 6.53. The Hall–Kier alpha value is -0.380. The lowest BCUT2D eigenvalue weighted by Crippen LogP contribution is -2.28. The van der Waals surface area contributed by atoms with Gasteiger partial charge in [0.15, 0.2) is 0 Å². The van der Waals surface area contributed by atoms with Crippen molar-refractivity contribution in [3.05, 3.63) is 21.9 Å². The second-order valence-corrected chi connectivity index (χ2v) is 7.53. The van der Waals surface area contributed by atoms with Gasteiger partial charge in [-0.1, -0.05) is 27.7 Å². The Morgan fingerprint density at radius 3 is 2.50 bits per heavy atom. The number of hydrogen-bond acceptors (Lipinski definition) is 3. The SMILES string of the molecule is CCCNCc1ccc(CN(C)CC(C)(C)C)s1. The quantitative estimate of drug-likeness (QED) is 0.758. The van der Waals surface area contributed by atoms with Crippen LogP contribution in [0.5, 0.6) is 0 Å². The van der Waals surface area contributed by atoms with Crippen molar-refractivity contribution in [2.24, 2.45) is 5.41 Å². The standard InChI is InChI=1S/C15H28N2S/c1-6-9-16-10-13-7-8-14(18-13)11-17(5)12-15(2,3)4/h7-8,16H,6,9-12H2,1-5H3. The van der Waals surface area contributed by atoms with E-state index in [4.69, 9.17) is 0 Å². The number of thiophene rings is 1. The Morgan fingerprint density at radius 2 is 1.89 bits per heavy atom. The highest BCUT2D eigenvalue weighted by Gasteiger charge is 2.14. The second kappa shape index (κ2) is 7.27. The Balaban J connectivity index is 2.38. The Bertz CT molecular complexity index is 339. The first-order valence-corrected chi connectivity index (χ1v) is 7.69. The van der Waals surface area contributed by atoms with E-state index in [0.29, 0.717) is 5.41 Å². The maximum Gasteiger partial charge on any atom is 0.0325 e. The van der Waals surface area contributed by atoms with Crippen LogP contribution in [0, 0.1) is 5.41 Å². The Kier molecular flexibility index (Phi) is 6.33. The molecule has 0 atom stereocenters. The van der Waals surface area contributed by atoms with Crippen LogP contribution >= 0.6 is 11.3 Å². The third-order valence-electron chi connectivity index (χ3n) is 2.61. The van der Waals surface area contributed by atoms with Gasteiger partial charge in [0.05, 0.1) is 0 Å². The van der Waals surface area contributed by atoms with Gasteiger partial charge < -0.3 is 10.2 Å². The fourth-order valence-corrected chi connectivity index (χ4v) is 3.19. The molecule has 2 nitrogen and oxygen atoms in total. The van der Waals surface area contributed by atoms with Crippen molar-refractivity contribution in [3.63, 3.8) is 0 Å². The van der Waals surface area contributed by atoms with E-state index in [0.717, 1.165) is 26.2 Å². The Morgan fingerprint density at radius 1 is 1.22 bits per heavy atom. The molecule has 3 heteroatoms. The van der Waals surface area contributed by atoms with Gasteiger partial charge in [-0.15, -0.1) is 11.3 Å². The monoisotopic (exact) mass is 268 g/mol. The molecule has 0 saturated heterocycles. The summed E-state index contributed by atoms with van der Waals surface area (Å²) in [6.07, 6.45) is 1.20. The number of rotatable bonds is 7. The van der Waals surface area contributed by atoms with Gasteiger partial charge >= 0.3 is 0 Å². The van der Waals surface area contributed by atoms with Crippen molar-refractivity contribution in [2.45, 2.75) is 47.2 Å². The average molecular weight is 268 g/mol. The van der Waals surface area contributed by atoms with E-state index in [-0.39, 0.29) is 0 Å². The first-order chi connectivity index (χ1) is 8.40. The summed E-state index contributed by atoms with van der Waals surface area (Å²) in [6, 6.07) is 4.53. The molecule has 104 valence electrons. The molecule has 1 aromatic rings. The zero-order valence-electron chi connectivity index (χ0n) is 12.5. The Labute approximate surface area is 116 Å². The summed E-state index contributed by atoms with van der Waals surface area (Å²) in [7, 11) is 2.21. The van der Waals surface area contributed by atoms with Crippen LogP contribution in [0.2, 0.25) is 0 Å². The topological polar surface area (TPSA) is 15.3 Å². The van der Waals surface area contributed by atoms with Crippen molar-refractivity contribution in [3.8, 4) is 0 Å². The number of nitrogens with one attached hydrogen (secondary N) is 1. The zero-order chi connectivity index (χ0) is 13.6. The maximum absolute atomic E-state index is 3.45. The zero-order valence-corrected chi connectivity index (χ0v) is 13.4. The van der Waals surface area contributed by atoms with E-state index < -0.39 is 0 Å². The van der Waals surface area contributed by atoms with Gasteiger partial charge in [0, 0.05) is 29.4 Å². The van der Waals surface area contributed by atoms with Crippen molar-refractivity contribution in [1.82, 2.24) is 10.2 Å². The van der Waals surface area contributed by atoms with Crippen LogP contribution in [0.3, 0.4) is 0 Å². The molecule has 1 aromatic heterocycles. The van der Waals surface area contributed by atoms with Gasteiger partial charge in [-0.25, -0.2) is 0 Å². The molecule has 0 saturated carbocycles. The van der Waals surface area contributed by atoms with Crippen molar-refractivity contribution >= 4 is 11.3 Å². The van der Waals surface area contributed by atoms with Crippen LogP contribution in [0.1, 0.15) is 43.9 Å². The van der Waals surface area contributed by atoms with Crippen LogP contribution in [-0.2, 0) is 13.1 Å². The van der Waals surface area contributed by atoms with Gasteiger partial charge in [0.25, 0.3) is 0 Å². The highest BCUT2D eigenvalue weighted by molar-refractivity contribution is 7.11. The van der Waals surface area contributed by atoms with E-state index in [1.807, 2.05) is 11.3 Å². The summed E-state index contributed by atoms with van der Waals surface area (Å²) >= 11 is 1.93. The average Bonchev–Trinajstić information content (AvgIpc) is 2.63. The smallest absolute Gasteiger partial charge is 0.0325 e. The number of hydrogen-bond donors (Lipinski definition) is 1. The maximum atomic E-state index is 3.45. The van der Waals surface area contributed by atoms with Gasteiger partial charge in [-0.2, -0.15) is 0 Å². The first-order valence-electron chi connectivity index (χ1n) is 6.87. The first kappa shape index (κ1) is 15.7. The lowest BCUT2D eigenvalue weighted by atomic mass is 9.96. The minimum absolute atomic E-state index is 0.373. The fraction of sp³-hybridized carbons (Fsp3) is 0.733. The molecule has 0 spiro atoms. The van der Waals surface area contributed by atoms with Crippen LogP contribution in [0.4, 0.5) is 0 Å². The third-order valence-corrected chi connectivity index (χ3v) is 3.68. The highest BCUT2D eigenvalue weighted by Crippen LogP contribution is 2.20. The second-order valence-electron chi connectivity index (χ2n) is 6.28. The van der Waals surface area contributed by atoms with Crippen LogP contribution < -0.4 is 5.32 Å². The molecule has 0 aromatic carbocycles. The normalized spacial score (nSPS) is 12.3. The van der Waals surface area contributed by atoms with E-state index in [1.165, 1.54) is 16.2 Å². The van der Waals surface area contributed by atoms with Crippen LogP contribution in [0.25, 0.3) is 0 Å². The molecule has 0 aliphatic heterocycles. The summed E-state index contributed by atoms with van der Waals surface area (Å²) < 4.78 is 0. The molecule has 0 bridgehead atoms. The minimum Gasteiger partial charge on any atom is -0.312 e. The molecule has 1 heterocycles. The fourth-order valence-electron chi connectivity index (χ4n) is 2.12. The van der Waals surface area contributed by atoms with E-state index in [9.17, 15) is 0 Å². The van der Waals surface area contributed by atoms with Gasteiger partial charge in [-0.05, 0) is 37.6 Å². The lowest BCUT2D eigenvalue weighted by molar-refractivity contribution is 0.222. The summed E-state index contributed by atoms with van der Waals surface area (Å²) in [4.78, 5) is 5.33. The predicted octanol–water partition coefficient (Wildman–Crippen LogP) is 3.73. The summed E-state index contributed by atoms with van der Waals surface area (Å²) in [5.74, 6) is 0. The van der Waals surface area contributed by atoms with Crippen molar-refractivity contribution in [1.29, 1.82) is 0 Å². The molecule has 0 fully saturated rings. The summed E-state index contributed by atoms with van der Waals surface area (Å²) in [6.45, 7) is 13.4. The minimum atomic E-state index is 0.373. The van der Waals surface area contributed by atoms with Crippen molar-refractivity contribution < 1.29 is 0 Å². The molecule has 1 N–H and O–H groups in total.